The molecule has 19 heavy (non-hydrogen) atoms. The van der Waals surface area contributed by atoms with E-state index in [0.717, 1.165) is 0 Å². The molecule has 2 aliphatic rings. The third-order valence-corrected chi connectivity index (χ3v) is 5.65. The Morgan fingerprint density at radius 3 is 3.05 bits per heavy atom. The number of hydrazine groups is 1. The second-order valence-corrected chi connectivity index (χ2v) is 6.82. The third kappa shape index (κ3) is 2.78. The Bertz CT molecular complexity index is 449. The van der Waals surface area contributed by atoms with E-state index in [-0.39, 0.29) is 0 Å². The average molecular weight is 276 g/mol. The molecule has 0 saturated carbocycles. The minimum atomic E-state index is 0.353. The Hall–Kier alpha value is -0.640. The summed E-state index contributed by atoms with van der Waals surface area (Å²) in [5.41, 5.74) is 6.26. The molecule has 3 rings (SSSR count). The first-order valence-electron chi connectivity index (χ1n) is 7.61. The van der Waals surface area contributed by atoms with Crippen LogP contribution in [0.3, 0.4) is 0 Å². The molecular weight excluding hydrogens is 252 g/mol. The molecule has 3 N–H and O–H groups in total. The number of nitrogens with two attached hydrogens (primary N) is 1. The molecule has 2 nitrogen and oxygen atoms in total. The topological polar surface area (TPSA) is 38.0 Å². The van der Waals surface area contributed by atoms with Gasteiger partial charge in [-0.1, -0.05) is 18.1 Å². The fourth-order valence-corrected chi connectivity index (χ4v) is 4.67. The van der Waals surface area contributed by atoms with E-state index < -0.39 is 0 Å². The highest BCUT2D eigenvalue weighted by Crippen LogP contribution is 2.39. The van der Waals surface area contributed by atoms with Crippen molar-refractivity contribution < 1.29 is 0 Å². The number of rotatable bonds is 3. The zero-order chi connectivity index (χ0) is 13.1. The molecule has 0 fully saturated rings. The van der Waals surface area contributed by atoms with Crippen molar-refractivity contribution in [3.8, 4) is 0 Å². The maximum Gasteiger partial charge on any atom is 0.0488 e. The number of allylic oxidation sites excluding steroid dienone is 1. The molecule has 0 spiro atoms. The largest absolute Gasteiger partial charge is 0.271 e. The van der Waals surface area contributed by atoms with Gasteiger partial charge in [-0.2, -0.15) is 0 Å². The zero-order valence-electron chi connectivity index (χ0n) is 11.5. The lowest BCUT2D eigenvalue weighted by Crippen LogP contribution is -2.42. The molecule has 3 heteroatoms. The Balaban J connectivity index is 1.85. The summed E-state index contributed by atoms with van der Waals surface area (Å²) in [4.78, 5) is 1.59. The van der Waals surface area contributed by atoms with Gasteiger partial charge >= 0.3 is 0 Å². The molecule has 0 bridgehead atoms. The van der Waals surface area contributed by atoms with Gasteiger partial charge in [0.15, 0.2) is 0 Å². The van der Waals surface area contributed by atoms with E-state index in [0.29, 0.717) is 12.0 Å². The molecule has 104 valence electrons. The molecule has 1 aromatic heterocycles. The molecule has 2 atom stereocenters. The first kappa shape index (κ1) is 13.3. The predicted octanol–water partition coefficient (Wildman–Crippen LogP) is 3.89. The van der Waals surface area contributed by atoms with Gasteiger partial charge in [0.1, 0.15) is 0 Å². The summed E-state index contributed by atoms with van der Waals surface area (Å²) in [5, 5.41) is 2.25. The Morgan fingerprint density at radius 1 is 1.21 bits per heavy atom. The maximum absolute atomic E-state index is 5.92. The van der Waals surface area contributed by atoms with Crippen LogP contribution in [0.4, 0.5) is 0 Å². The van der Waals surface area contributed by atoms with Gasteiger partial charge in [0.2, 0.25) is 0 Å². The van der Waals surface area contributed by atoms with E-state index in [1.54, 1.807) is 16.0 Å². The average Bonchev–Trinajstić information content (AvgIpc) is 2.76. The van der Waals surface area contributed by atoms with Crippen molar-refractivity contribution in [2.75, 3.05) is 0 Å². The SMILES string of the molecule is NNC(C1=CCCCCC1)C1CCCc2sccc21. The van der Waals surface area contributed by atoms with Gasteiger partial charge in [0, 0.05) is 16.8 Å². The highest BCUT2D eigenvalue weighted by Gasteiger charge is 2.30. The summed E-state index contributed by atoms with van der Waals surface area (Å²) in [6.45, 7) is 0. The van der Waals surface area contributed by atoms with Crippen LogP contribution < -0.4 is 11.3 Å². The van der Waals surface area contributed by atoms with Crippen molar-refractivity contribution in [2.45, 2.75) is 63.3 Å². The van der Waals surface area contributed by atoms with Gasteiger partial charge < -0.3 is 0 Å². The molecule has 0 saturated heterocycles. The summed E-state index contributed by atoms with van der Waals surface area (Å²) in [7, 11) is 0. The van der Waals surface area contributed by atoms with Crippen LogP contribution in [0.1, 0.15) is 61.3 Å². The molecule has 2 aliphatic carbocycles. The minimum Gasteiger partial charge on any atom is -0.271 e. The van der Waals surface area contributed by atoms with Crippen LogP contribution in [-0.2, 0) is 6.42 Å². The summed E-state index contributed by atoms with van der Waals surface area (Å²) < 4.78 is 0. The third-order valence-electron chi connectivity index (χ3n) is 4.66. The van der Waals surface area contributed by atoms with Crippen LogP contribution in [-0.4, -0.2) is 6.04 Å². The lowest BCUT2D eigenvalue weighted by Gasteiger charge is -2.32. The first-order valence-corrected chi connectivity index (χ1v) is 8.49. The minimum absolute atomic E-state index is 0.353. The van der Waals surface area contributed by atoms with E-state index in [1.165, 1.54) is 51.4 Å². The van der Waals surface area contributed by atoms with Crippen molar-refractivity contribution >= 4 is 11.3 Å². The standard InChI is InChI=1S/C16H24N2S/c17-18-16(12-6-3-1-2-4-7-12)14-8-5-9-15-13(14)10-11-19-15/h6,10-11,14,16,18H,1-5,7-9,17H2. The summed E-state index contributed by atoms with van der Waals surface area (Å²) in [5.74, 6) is 6.51. The van der Waals surface area contributed by atoms with Crippen molar-refractivity contribution in [2.24, 2.45) is 5.84 Å². The monoisotopic (exact) mass is 276 g/mol. The number of thiophene rings is 1. The van der Waals surface area contributed by atoms with Crippen LogP contribution in [0, 0.1) is 0 Å². The van der Waals surface area contributed by atoms with Crippen LogP contribution in [0.25, 0.3) is 0 Å². The lowest BCUT2D eigenvalue weighted by atomic mass is 9.79. The first-order chi connectivity index (χ1) is 9.40. The number of nitrogens with one attached hydrogen (secondary N) is 1. The highest BCUT2D eigenvalue weighted by molar-refractivity contribution is 7.10. The fraction of sp³-hybridized carbons (Fsp3) is 0.625. The summed E-state index contributed by atoms with van der Waals surface area (Å²) >= 11 is 1.92. The zero-order valence-corrected chi connectivity index (χ0v) is 12.3. The Kier molecular flexibility index (Phi) is 4.36. The van der Waals surface area contributed by atoms with E-state index in [4.69, 9.17) is 5.84 Å². The molecule has 0 radical (unpaired) electrons. The molecule has 0 aromatic carbocycles. The van der Waals surface area contributed by atoms with Gasteiger partial charge in [0.25, 0.3) is 0 Å². The lowest BCUT2D eigenvalue weighted by molar-refractivity contribution is 0.430. The van der Waals surface area contributed by atoms with Gasteiger partial charge in [-0.3, -0.25) is 11.3 Å². The van der Waals surface area contributed by atoms with Gasteiger partial charge in [0.05, 0.1) is 0 Å². The highest BCUT2D eigenvalue weighted by atomic mass is 32.1. The second kappa shape index (κ2) is 6.21. The number of aryl methyl sites for hydroxylation is 1. The van der Waals surface area contributed by atoms with E-state index >= 15 is 0 Å². The molecule has 1 heterocycles. The van der Waals surface area contributed by atoms with Crippen LogP contribution in [0.2, 0.25) is 0 Å². The number of hydrogen-bond donors (Lipinski definition) is 2. The second-order valence-electron chi connectivity index (χ2n) is 5.82. The van der Waals surface area contributed by atoms with Gasteiger partial charge in [-0.15, -0.1) is 11.3 Å². The molecule has 2 unspecified atom stereocenters. The van der Waals surface area contributed by atoms with E-state index in [9.17, 15) is 0 Å². The quantitative estimate of drug-likeness (QED) is 0.499. The smallest absolute Gasteiger partial charge is 0.0488 e. The predicted molar refractivity (Wildman–Crippen MR) is 82.3 cm³/mol. The van der Waals surface area contributed by atoms with Crippen LogP contribution >= 0.6 is 11.3 Å². The summed E-state index contributed by atoms with van der Waals surface area (Å²) in [6, 6.07) is 2.68. The Morgan fingerprint density at radius 2 is 2.16 bits per heavy atom. The molecular formula is C16H24N2S. The van der Waals surface area contributed by atoms with Crippen LogP contribution in [0.5, 0.6) is 0 Å². The van der Waals surface area contributed by atoms with Crippen molar-refractivity contribution in [3.63, 3.8) is 0 Å². The van der Waals surface area contributed by atoms with E-state index in [1.807, 2.05) is 11.3 Å². The summed E-state index contributed by atoms with van der Waals surface area (Å²) in [6.07, 6.45) is 12.8. The molecule has 1 aromatic rings. The maximum atomic E-state index is 5.92. The Labute approximate surface area is 120 Å². The van der Waals surface area contributed by atoms with E-state index in [2.05, 4.69) is 22.9 Å². The fourth-order valence-electron chi connectivity index (χ4n) is 3.67. The van der Waals surface area contributed by atoms with Crippen molar-refractivity contribution in [1.82, 2.24) is 5.43 Å². The van der Waals surface area contributed by atoms with Gasteiger partial charge in [-0.05, 0) is 62.0 Å². The molecule has 0 amide bonds. The number of hydrogen-bond acceptors (Lipinski definition) is 3. The molecule has 0 aliphatic heterocycles. The van der Waals surface area contributed by atoms with Crippen molar-refractivity contribution in [1.29, 1.82) is 0 Å². The number of fused-ring (bicyclic) bond motifs is 1. The van der Waals surface area contributed by atoms with Gasteiger partial charge in [-0.25, -0.2) is 0 Å². The van der Waals surface area contributed by atoms with Crippen LogP contribution in [0.15, 0.2) is 23.1 Å². The van der Waals surface area contributed by atoms with Crippen molar-refractivity contribution in [3.05, 3.63) is 33.5 Å². The normalized spacial score (nSPS) is 25.3.